The van der Waals surface area contributed by atoms with E-state index >= 15 is 0 Å². The highest BCUT2D eigenvalue weighted by Gasteiger charge is 2.33. The summed E-state index contributed by atoms with van der Waals surface area (Å²) in [6, 6.07) is 0.764. The number of hydrogen-bond acceptors (Lipinski definition) is 1. The third-order valence-electron chi connectivity index (χ3n) is 3.08. The van der Waals surface area contributed by atoms with E-state index in [-0.39, 0.29) is 0 Å². The largest absolute Gasteiger partial charge is 0.262 e. The Balaban J connectivity index is 2.84. The van der Waals surface area contributed by atoms with E-state index in [1.165, 1.54) is 19.4 Å². The second kappa shape index (κ2) is 4.64. The minimum Gasteiger partial charge on any atom is -0.262 e. The van der Waals surface area contributed by atoms with Crippen LogP contribution in [0.3, 0.4) is 0 Å². The average molecular weight is 183 g/mol. The smallest absolute Gasteiger partial charge is 0.247 e. The van der Waals surface area contributed by atoms with Crippen molar-refractivity contribution in [3.8, 4) is 0 Å². The van der Waals surface area contributed by atoms with E-state index in [9.17, 15) is 0 Å². The first-order valence-corrected chi connectivity index (χ1v) is 5.65. The molecule has 0 fully saturated rings. The molecule has 0 radical (unpaired) electrons. The molecular formula is C11H23N2+. The van der Waals surface area contributed by atoms with Crippen LogP contribution in [0.25, 0.3) is 0 Å². The Bertz CT molecular complexity index is 176. The lowest BCUT2D eigenvalue weighted by Crippen LogP contribution is -2.28. The van der Waals surface area contributed by atoms with Crippen molar-refractivity contribution < 1.29 is 4.58 Å². The summed E-state index contributed by atoms with van der Waals surface area (Å²) in [6.07, 6.45) is 2.45. The average Bonchev–Trinajstić information content (AvgIpc) is 2.54. The maximum atomic E-state index is 2.57. The molecule has 0 bridgehead atoms. The third-order valence-corrected chi connectivity index (χ3v) is 3.08. The maximum Gasteiger partial charge on any atom is 0.247 e. The van der Waals surface area contributed by atoms with Crippen molar-refractivity contribution >= 4 is 5.84 Å². The van der Waals surface area contributed by atoms with Crippen molar-refractivity contribution in [3.63, 3.8) is 0 Å². The van der Waals surface area contributed by atoms with E-state index in [1.54, 1.807) is 5.84 Å². The maximum absolute atomic E-state index is 2.57. The first kappa shape index (κ1) is 10.6. The predicted molar refractivity (Wildman–Crippen MR) is 57.4 cm³/mol. The van der Waals surface area contributed by atoms with Crippen LogP contribution >= 0.6 is 0 Å². The van der Waals surface area contributed by atoms with Crippen LogP contribution in [0.15, 0.2) is 0 Å². The molecule has 0 amide bonds. The van der Waals surface area contributed by atoms with Gasteiger partial charge in [-0.05, 0) is 20.3 Å². The minimum atomic E-state index is 0.764. The molecule has 13 heavy (non-hydrogen) atoms. The lowest BCUT2D eigenvalue weighted by atomic mass is 10.2. The SMILES string of the molecule is CCC1=[N+](CC)C(CC)CN1CC. The monoisotopic (exact) mass is 183 g/mol. The zero-order valence-electron chi connectivity index (χ0n) is 9.51. The number of nitrogens with zero attached hydrogens (tertiary/aromatic N) is 2. The summed E-state index contributed by atoms with van der Waals surface area (Å²) in [6.45, 7) is 12.6. The number of hydrogen-bond donors (Lipinski definition) is 0. The van der Waals surface area contributed by atoms with Gasteiger partial charge in [0.1, 0.15) is 12.6 Å². The molecule has 76 valence electrons. The van der Waals surface area contributed by atoms with E-state index in [2.05, 4.69) is 37.2 Å². The molecule has 0 spiro atoms. The van der Waals surface area contributed by atoms with Gasteiger partial charge in [0.2, 0.25) is 5.84 Å². The second-order valence-corrected chi connectivity index (χ2v) is 3.66. The summed E-state index contributed by atoms with van der Waals surface area (Å²) in [7, 11) is 0. The fourth-order valence-electron chi connectivity index (χ4n) is 2.38. The molecule has 0 aromatic heterocycles. The van der Waals surface area contributed by atoms with Crippen LogP contribution in [0.4, 0.5) is 0 Å². The second-order valence-electron chi connectivity index (χ2n) is 3.66. The fraction of sp³-hybridized carbons (Fsp3) is 0.909. The molecule has 1 rings (SSSR count). The van der Waals surface area contributed by atoms with E-state index in [0.29, 0.717) is 0 Å². The molecule has 0 aromatic carbocycles. The molecule has 0 aromatic rings. The summed E-state index contributed by atoms with van der Waals surface area (Å²) >= 11 is 0. The molecular weight excluding hydrogens is 160 g/mol. The van der Waals surface area contributed by atoms with Gasteiger partial charge in [-0.3, -0.25) is 9.48 Å². The summed E-state index contributed by atoms with van der Waals surface area (Å²) in [4.78, 5) is 2.53. The van der Waals surface area contributed by atoms with Crippen LogP contribution in [0.1, 0.15) is 40.5 Å². The minimum absolute atomic E-state index is 0.764. The van der Waals surface area contributed by atoms with Crippen LogP contribution in [0.5, 0.6) is 0 Å². The van der Waals surface area contributed by atoms with Gasteiger partial charge in [0.05, 0.1) is 13.1 Å². The van der Waals surface area contributed by atoms with Crippen LogP contribution in [-0.4, -0.2) is 41.0 Å². The van der Waals surface area contributed by atoms with E-state index in [1.807, 2.05) is 0 Å². The summed E-state index contributed by atoms with van der Waals surface area (Å²) in [5.41, 5.74) is 0. The van der Waals surface area contributed by atoms with E-state index < -0.39 is 0 Å². The van der Waals surface area contributed by atoms with Gasteiger partial charge in [0.15, 0.2) is 0 Å². The van der Waals surface area contributed by atoms with E-state index in [0.717, 1.165) is 19.1 Å². The zero-order valence-corrected chi connectivity index (χ0v) is 9.51. The molecule has 1 heterocycles. The van der Waals surface area contributed by atoms with Crippen molar-refractivity contribution in [3.05, 3.63) is 0 Å². The summed E-state index contributed by atoms with van der Waals surface area (Å²) < 4.78 is 2.57. The van der Waals surface area contributed by atoms with Gasteiger partial charge in [-0.1, -0.05) is 13.8 Å². The lowest BCUT2D eigenvalue weighted by Gasteiger charge is -2.08. The van der Waals surface area contributed by atoms with Gasteiger partial charge < -0.3 is 0 Å². The molecule has 0 aliphatic carbocycles. The first-order valence-electron chi connectivity index (χ1n) is 5.65. The van der Waals surface area contributed by atoms with Crippen molar-refractivity contribution in [2.45, 2.75) is 46.6 Å². The molecule has 0 saturated heterocycles. The van der Waals surface area contributed by atoms with Crippen LogP contribution < -0.4 is 0 Å². The van der Waals surface area contributed by atoms with Crippen molar-refractivity contribution in [1.82, 2.24) is 4.90 Å². The van der Waals surface area contributed by atoms with Crippen LogP contribution in [0.2, 0.25) is 0 Å². The van der Waals surface area contributed by atoms with Crippen molar-refractivity contribution in [1.29, 1.82) is 0 Å². The summed E-state index contributed by atoms with van der Waals surface area (Å²) in [5.74, 6) is 1.55. The van der Waals surface area contributed by atoms with Gasteiger partial charge in [-0.2, -0.15) is 0 Å². The van der Waals surface area contributed by atoms with Crippen molar-refractivity contribution in [2.75, 3.05) is 19.6 Å². The van der Waals surface area contributed by atoms with Crippen molar-refractivity contribution in [2.24, 2.45) is 0 Å². The highest BCUT2D eigenvalue weighted by atomic mass is 15.3. The van der Waals surface area contributed by atoms with Gasteiger partial charge >= 0.3 is 0 Å². The lowest BCUT2D eigenvalue weighted by molar-refractivity contribution is -0.553. The molecule has 0 saturated carbocycles. The standard InChI is InChI=1S/C11H23N2/c1-5-10-9-12(7-3)11(6-2)13(10)8-4/h10H,5-9H2,1-4H3/q+1. The number of amidine groups is 1. The quantitative estimate of drug-likeness (QED) is 0.604. The molecule has 2 heteroatoms. The molecule has 1 unspecified atom stereocenters. The fourth-order valence-corrected chi connectivity index (χ4v) is 2.38. The highest BCUT2D eigenvalue weighted by Crippen LogP contribution is 2.13. The Morgan fingerprint density at radius 2 is 2.00 bits per heavy atom. The molecule has 1 aliphatic rings. The molecule has 1 atom stereocenters. The Morgan fingerprint density at radius 3 is 2.38 bits per heavy atom. The Morgan fingerprint density at radius 1 is 1.31 bits per heavy atom. The first-order chi connectivity index (χ1) is 6.28. The zero-order chi connectivity index (χ0) is 9.84. The molecule has 1 aliphatic heterocycles. The van der Waals surface area contributed by atoms with E-state index in [4.69, 9.17) is 0 Å². The summed E-state index contributed by atoms with van der Waals surface area (Å²) in [5, 5.41) is 0. The number of likely N-dealkylation sites (N-methyl/N-ethyl adjacent to an activating group) is 2. The predicted octanol–water partition coefficient (Wildman–Crippen LogP) is 1.94. The van der Waals surface area contributed by atoms with Crippen LogP contribution in [0, 0.1) is 0 Å². The van der Waals surface area contributed by atoms with Gasteiger partial charge in [-0.15, -0.1) is 0 Å². The molecule has 2 nitrogen and oxygen atoms in total. The number of rotatable bonds is 4. The Hall–Kier alpha value is -0.530. The van der Waals surface area contributed by atoms with Gasteiger partial charge in [0, 0.05) is 6.42 Å². The normalized spacial score (nSPS) is 23.1. The van der Waals surface area contributed by atoms with Crippen LogP contribution in [-0.2, 0) is 0 Å². The third kappa shape index (κ3) is 1.87. The Labute approximate surface area is 82.2 Å². The van der Waals surface area contributed by atoms with Gasteiger partial charge in [-0.25, -0.2) is 0 Å². The Kier molecular flexibility index (Phi) is 3.76. The highest BCUT2D eigenvalue weighted by molar-refractivity contribution is 5.78. The topological polar surface area (TPSA) is 6.25 Å². The van der Waals surface area contributed by atoms with Gasteiger partial charge in [0.25, 0.3) is 0 Å². The molecule has 0 N–H and O–H groups in total.